The first kappa shape index (κ1) is 17.2. The van der Waals surface area contributed by atoms with Gasteiger partial charge in [-0.25, -0.2) is 8.42 Å². The van der Waals surface area contributed by atoms with Crippen molar-refractivity contribution in [1.29, 1.82) is 0 Å². The maximum absolute atomic E-state index is 12.2. The summed E-state index contributed by atoms with van der Waals surface area (Å²) in [5, 5.41) is 9.44. The number of rotatable bonds is 5. The highest BCUT2D eigenvalue weighted by Gasteiger charge is 2.19. The monoisotopic (exact) mass is 359 g/mol. The highest BCUT2D eigenvalue weighted by Crippen LogP contribution is 2.26. The molecule has 0 atom stereocenters. The molecular weight excluding hydrogens is 342 g/mol. The van der Waals surface area contributed by atoms with Crippen LogP contribution in [0.25, 0.3) is 0 Å². The number of anilines is 1. The molecule has 0 amide bonds. The fourth-order valence-corrected chi connectivity index (χ4v) is 4.57. The molecule has 0 spiro atoms. The molecule has 5 nitrogen and oxygen atoms in total. The van der Waals surface area contributed by atoms with Gasteiger partial charge in [0.25, 0.3) is 0 Å². The molecule has 0 radical (unpaired) electrons. The molecule has 2 rings (SSSR count). The van der Waals surface area contributed by atoms with E-state index in [-0.39, 0.29) is 16.3 Å². The molecule has 120 valence electrons. The molecule has 8 heteroatoms. The van der Waals surface area contributed by atoms with Crippen LogP contribution in [0.3, 0.4) is 0 Å². The summed E-state index contributed by atoms with van der Waals surface area (Å²) in [6.45, 7) is 6.28. The van der Waals surface area contributed by atoms with Gasteiger partial charge in [0, 0.05) is 11.4 Å². The number of nitrogens with one attached hydrogen (secondary N) is 1. The molecule has 0 aliphatic heterocycles. The van der Waals surface area contributed by atoms with Crippen molar-refractivity contribution in [3.63, 3.8) is 0 Å². The van der Waals surface area contributed by atoms with E-state index in [1.165, 1.54) is 11.3 Å². The van der Waals surface area contributed by atoms with E-state index in [1.54, 1.807) is 24.3 Å². The lowest BCUT2D eigenvalue weighted by atomic mass is 9.93. The number of halogens is 1. The molecular formula is C14H18ClN3O2S2. The predicted molar refractivity (Wildman–Crippen MR) is 90.8 cm³/mol. The van der Waals surface area contributed by atoms with E-state index in [0.29, 0.717) is 10.6 Å². The summed E-state index contributed by atoms with van der Waals surface area (Å²) < 4.78 is 26.8. The van der Waals surface area contributed by atoms with Gasteiger partial charge in [0.15, 0.2) is 0 Å². The third-order valence-corrected chi connectivity index (χ3v) is 5.23. The van der Waals surface area contributed by atoms with Gasteiger partial charge in [-0.3, -0.25) is 4.72 Å². The van der Waals surface area contributed by atoms with Crippen LogP contribution in [0.4, 0.5) is 5.13 Å². The molecule has 0 aliphatic carbocycles. The Morgan fingerprint density at radius 2 is 1.91 bits per heavy atom. The highest BCUT2D eigenvalue weighted by atomic mass is 35.5. The molecule has 0 saturated carbocycles. The van der Waals surface area contributed by atoms with E-state index in [0.717, 1.165) is 11.4 Å². The van der Waals surface area contributed by atoms with Crippen molar-refractivity contribution >= 4 is 38.1 Å². The molecule has 2 aromatic rings. The van der Waals surface area contributed by atoms with Crippen LogP contribution >= 0.6 is 22.9 Å². The van der Waals surface area contributed by atoms with E-state index < -0.39 is 10.0 Å². The van der Waals surface area contributed by atoms with Gasteiger partial charge < -0.3 is 0 Å². The smallest absolute Gasteiger partial charge is 0.238 e. The molecule has 0 bridgehead atoms. The van der Waals surface area contributed by atoms with Crippen LogP contribution in [-0.2, 0) is 22.2 Å². The van der Waals surface area contributed by atoms with Gasteiger partial charge in [-0.15, -0.1) is 10.2 Å². The maximum atomic E-state index is 12.2. The van der Waals surface area contributed by atoms with Gasteiger partial charge in [0.1, 0.15) is 5.01 Å². The van der Waals surface area contributed by atoms with Crippen LogP contribution in [0.5, 0.6) is 0 Å². The van der Waals surface area contributed by atoms with Crippen LogP contribution in [0.2, 0.25) is 5.02 Å². The van der Waals surface area contributed by atoms with Gasteiger partial charge in [-0.2, -0.15) is 0 Å². The second-order valence-electron chi connectivity index (χ2n) is 6.19. The average Bonchev–Trinajstić information content (AvgIpc) is 2.76. The third kappa shape index (κ3) is 5.23. The molecule has 0 unspecified atom stereocenters. The molecule has 22 heavy (non-hydrogen) atoms. The first-order valence-electron chi connectivity index (χ1n) is 6.71. The summed E-state index contributed by atoms with van der Waals surface area (Å²) in [6.07, 6.45) is 0.747. The average molecular weight is 360 g/mol. The quantitative estimate of drug-likeness (QED) is 0.883. The van der Waals surface area contributed by atoms with Gasteiger partial charge >= 0.3 is 0 Å². The number of aromatic nitrogens is 2. The van der Waals surface area contributed by atoms with Crippen molar-refractivity contribution in [1.82, 2.24) is 10.2 Å². The van der Waals surface area contributed by atoms with Crippen molar-refractivity contribution in [2.75, 3.05) is 4.72 Å². The van der Waals surface area contributed by atoms with Crippen molar-refractivity contribution in [3.05, 3.63) is 39.9 Å². The van der Waals surface area contributed by atoms with Crippen molar-refractivity contribution < 1.29 is 8.42 Å². The summed E-state index contributed by atoms with van der Waals surface area (Å²) in [7, 11) is -3.57. The zero-order valence-electron chi connectivity index (χ0n) is 12.6. The van der Waals surface area contributed by atoms with Crippen molar-refractivity contribution in [2.24, 2.45) is 5.41 Å². The standard InChI is InChI=1S/C14H18ClN3O2S2/c1-14(2,3)8-12-16-17-13(21-12)18-22(19,20)9-10-6-4-5-7-11(10)15/h4-7H,8-9H2,1-3H3,(H,17,18). The number of hydrogen-bond donors (Lipinski definition) is 1. The maximum Gasteiger partial charge on any atom is 0.238 e. The lowest BCUT2D eigenvalue weighted by molar-refractivity contribution is 0.409. The van der Waals surface area contributed by atoms with Crippen LogP contribution in [0.15, 0.2) is 24.3 Å². The zero-order chi connectivity index (χ0) is 16.4. The number of sulfonamides is 1. The lowest BCUT2D eigenvalue weighted by Crippen LogP contribution is -2.15. The fourth-order valence-electron chi connectivity index (χ4n) is 1.81. The largest absolute Gasteiger partial charge is 0.257 e. The molecule has 0 aliphatic rings. The van der Waals surface area contributed by atoms with Crippen molar-refractivity contribution in [2.45, 2.75) is 32.9 Å². The lowest BCUT2D eigenvalue weighted by Gasteiger charge is -2.14. The van der Waals surface area contributed by atoms with E-state index in [4.69, 9.17) is 11.6 Å². The summed E-state index contributed by atoms with van der Waals surface area (Å²) >= 11 is 7.25. The molecule has 0 fully saturated rings. The number of hydrogen-bond acceptors (Lipinski definition) is 5. The minimum atomic E-state index is -3.57. The van der Waals surface area contributed by atoms with E-state index in [1.807, 2.05) is 0 Å². The van der Waals surface area contributed by atoms with Crippen LogP contribution in [-0.4, -0.2) is 18.6 Å². The Morgan fingerprint density at radius 1 is 1.23 bits per heavy atom. The summed E-state index contributed by atoms with van der Waals surface area (Å²) in [5.41, 5.74) is 0.629. The van der Waals surface area contributed by atoms with Gasteiger partial charge in [0.05, 0.1) is 5.75 Å². The van der Waals surface area contributed by atoms with E-state index in [9.17, 15) is 8.42 Å². The summed E-state index contributed by atoms with van der Waals surface area (Å²) in [5.74, 6) is -0.194. The number of nitrogens with zero attached hydrogens (tertiary/aromatic N) is 2. The molecule has 1 aromatic heterocycles. The number of benzene rings is 1. The van der Waals surface area contributed by atoms with Crippen LogP contribution in [0.1, 0.15) is 31.3 Å². The Kier molecular flexibility index (Phi) is 5.09. The van der Waals surface area contributed by atoms with Gasteiger partial charge in [-0.05, 0) is 17.0 Å². The first-order chi connectivity index (χ1) is 10.1. The summed E-state index contributed by atoms with van der Waals surface area (Å²) in [6, 6.07) is 6.87. The Bertz CT molecular complexity index is 751. The Hall–Kier alpha value is -1.18. The van der Waals surface area contributed by atoms with Crippen LogP contribution < -0.4 is 4.72 Å². The fraction of sp³-hybridized carbons (Fsp3) is 0.429. The van der Waals surface area contributed by atoms with Gasteiger partial charge in [-0.1, -0.05) is 61.9 Å². The molecule has 1 aromatic carbocycles. The third-order valence-electron chi connectivity index (χ3n) is 2.69. The van der Waals surface area contributed by atoms with Crippen molar-refractivity contribution in [3.8, 4) is 0 Å². The topological polar surface area (TPSA) is 72.0 Å². The van der Waals surface area contributed by atoms with Crippen LogP contribution in [0, 0.1) is 5.41 Å². The van der Waals surface area contributed by atoms with Gasteiger partial charge in [0.2, 0.25) is 15.2 Å². The van der Waals surface area contributed by atoms with E-state index in [2.05, 4.69) is 35.7 Å². The molecule has 0 saturated heterocycles. The Morgan fingerprint density at radius 3 is 2.55 bits per heavy atom. The zero-order valence-corrected chi connectivity index (χ0v) is 15.0. The normalized spacial score (nSPS) is 12.4. The molecule has 1 N–H and O–H groups in total. The minimum Gasteiger partial charge on any atom is -0.257 e. The Balaban J connectivity index is 2.08. The second kappa shape index (κ2) is 6.52. The first-order valence-corrected chi connectivity index (χ1v) is 9.56. The molecule has 1 heterocycles. The Labute approximate surface area is 139 Å². The minimum absolute atomic E-state index is 0.0766. The predicted octanol–water partition coefficient (Wildman–Crippen LogP) is 3.72. The summed E-state index contributed by atoms with van der Waals surface area (Å²) in [4.78, 5) is 0. The highest BCUT2D eigenvalue weighted by molar-refractivity contribution is 7.92. The van der Waals surface area contributed by atoms with E-state index >= 15 is 0 Å². The second-order valence-corrected chi connectivity index (χ2v) is 9.38. The SMILES string of the molecule is CC(C)(C)Cc1nnc(NS(=O)(=O)Cc2ccccc2Cl)s1.